The Morgan fingerprint density at radius 1 is 1.19 bits per heavy atom. The van der Waals surface area contributed by atoms with Gasteiger partial charge in [-0.05, 0) is 50.9 Å². The lowest BCUT2D eigenvalue weighted by molar-refractivity contribution is -0.121. The molecule has 1 saturated carbocycles. The monoisotopic (exact) mass is 363 g/mol. The van der Waals surface area contributed by atoms with Crippen molar-refractivity contribution in [1.82, 2.24) is 19.5 Å². The number of amides is 1. The fourth-order valence-corrected chi connectivity index (χ4v) is 3.74. The van der Waals surface area contributed by atoms with Crippen LogP contribution in [0, 0.1) is 5.92 Å². The van der Waals surface area contributed by atoms with Gasteiger partial charge in [-0.1, -0.05) is 6.42 Å². The highest BCUT2D eigenvalue weighted by atomic mass is 19.3. The molecule has 2 fully saturated rings. The minimum Gasteiger partial charge on any atom is -0.325 e. The molecule has 0 radical (unpaired) electrons. The van der Waals surface area contributed by atoms with E-state index in [4.69, 9.17) is 0 Å². The minimum atomic E-state index is -2.32. The van der Waals surface area contributed by atoms with Gasteiger partial charge in [0.05, 0.1) is 12.2 Å². The van der Waals surface area contributed by atoms with Crippen molar-refractivity contribution in [3.8, 4) is 0 Å². The highest BCUT2D eigenvalue weighted by Gasteiger charge is 2.27. The third kappa shape index (κ3) is 3.56. The minimum absolute atomic E-state index is 0.0423. The first-order valence-electron chi connectivity index (χ1n) is 9.26. The molecule has 2 aromatic rings. The molecule has 6 nitrogen and oxygen atoms in total. The van der Waals surface area contributed by atoms with E-state index >= 15 is 0 Å². The Labute approximate surface area is 150 Å². The number of carbonyl (C=O) groups excluding carboxylic acids is 1. The van der Waals surface area contributed by atoms with Gasteiger partial charge in [-0.3, -0.25) is 14.1 Å². The number of hydrogen-bond acceptors (Lipinski definition) is 4. The number of rotatable bonds is 5. The first kappa shape index (κ1) is 17.3. The lowest BCUT2D eigenvalue weighted by Crippen LogP contribution is -2.40. The molecule has 0 aromatic carbocycles. The number of anilines is 1. The molecule has 1 aliphatic carbocycles. The summed E-state index contributed by atoms with van der Waals surface area (Å²) in [4.78, 5) is 14.3. The molecule has 1 N–H and O–H groups in total. The molecule has 0 bridgehead atoms. The molecule has 0 unspecified atom stereocenters. The summed E-state index contributed by atoms with van der Waals surface area (Å²) in [6.07, 6.45) is 4.28. The van der Waals surface area contributed by atoms with Crippen LogP contribution in [0.4, 0.5) is 14.5 Å². The van der Waals surface area contributed by atoms with Crippen LogP contribution < -0.4 is 5.32 Å². The normalized spacial score (nSPS) is 19.8. The zero-order chi connectivity index (χ0) is 18.1. The summed E-state index contributed by atoms with van der Waals surface area (Å²) in [5, 5.41) is 11.5. The lowest BCUT2D eigenvalue weighted by Gasteiger charge is -2.30. The topological polar surface area (TPSA) is 62.5 Å². The van der Waals surface area contributed by atoms with Crippen molar-refractivity contribution in [1.29, 1.82) is 0 Å². The summed E-state index contributed by atoms with van der Waals surface area (Å²) in [7, 11) is 0. The van der Waals surface area contributed by atoms with Crippen molar-refractivity contribution in [3.05, 3.63) is 24.2 Å². The van der Waals surface area contributed by atoms with Crippen LogP contribution in [0.3, 0.4) is 0 Å². The molecule has 1 amide bonds. The molecule has 0 spiro atoms. The fourth-order valence-electron chi connectivity index (χ4n) is 3.74. The second-order valence-electron chi connectivity index (χ2n) is 7.29. The number of nitrogens with one attached hydrogen (secondary N) is 1. The number of hydrogen-bond donors (Lipinski definition) is 1. The predicted octanol–water partition coefficient (Wildman–Crippen LogP) is 2.91. The Morgan fingerprint density at radius 2 is 1.96 bits per heavy atom. The number of aromatic nitrogens is 3. The number of alkyl halides is 2. The highest BCUT2D eigenvalue weighted by Crippen LogP contribution is 2.35. The van der Waals surface area contributed by atoms with Gasteiger partial charge in [0, 0.05) is 18.0 Å². The van der Waals surface area contributed by atoms with Gasteiger partial charge < -0.3 is 5.32 Å². The van der Waals surface area contributed by atoms with Gasteiger partial charge in [0.15, 0.2) is 5.65 Å². The number of fused-ring (bicyclic) bond motifs is 1. The van der Waals surface area contributed by atoms with Gasteiger partial charge in [-0.2, -0.15) is 0 Å². The average molecular weight is 363 g/mol. The second-order valence-corrected chi connectivity index (χ2v) is 7.29. The van der Waals surface area contributed by atoms with Crippen LogP contribution in [-0.2, 0) is 4.79 Å². The average Bonchev–Trinajstić information content (AvgIpc) is 2.96. The largest absolute Gasteiger partial charge is 0.325 e. The van der Waals surface area contributed by atoms with E-state index in [-0.39, 0.29) is 18.4 Å². The molecule has 140 valence electrons. The van der Waals surface area contributed by atoms with Crippen molar-refractivity contribution in [2.24, 2.45) is 5.92 Å². The van der Waals surface area contributed by atoms with Crippen LogP contribution in [-0.4, -0.2) is 51.5 Å². The molecule has 8 heteroatoms. The summed E-state index contributed by atoms with van der Waals surface area (Å²) in [5.41, 5.74) is 1.50. The van der Waals surface area contributed by atoms with Crippen LogP contribution in [0.25, 0.3) is 5.65 Å². The van der Waals surface area contributed by atoms with Crippen LogP contribution in [0.15, 0.2) is 18.3 Å². The Kier molecular flexibility index (Phi) is 4.84. The lowest BCUT2D eigenvalue weighted by atomic mass is 9.85. The maximum Gasteiger partial charge on any atom is 0.251 e. The van der Waals surface area contributed by atoms with E-state index < -0.39 is 6.43 Å². The van der Waals surface area contributed by atoms with Gasteiger partial charge >= 0.3 is 0 Å². The maximum absolute atomic E-state index is 12.5. The smallest absolute Gasteiger partial charge is 0.251 e. The first-order valence-corrected chi connectivity index (χ1v) is 9.26. The molecule has 3 heterocycles. The predicted molar refractivity (Wildman–Crippen MR) is 93.4 cm³/mol. The van der Waals surface area contributed by atoms with Crippen molar-refractivity contribution in [2.75, 3.05) is 25.0 Å². The standard InChI is InChI=1S/C18H23F2N5O/c19-15(20)11-24-8-6-13(7-9-24)18(26)21-14-4-5-16-22-23-17(25(16)10-14)12-2-1-3-12/h4-5,10,12-13,15H,1-3,6-9,11H2,(H,21,26). The van der Waals surface area contributed by atoms with E-state index in [9.17, 15) is 13.6 Å². The van der Waals surface area contributed by atoms with Gasteiger partial charge in [0.2, 0.25) is 5.91 Å². The summed E-state index contributed by atoms with van der Waals surface area (Å²) >= 11 is 0. The molecular formula is C18H23F2N5O. The fraction of sp³-hybridized carbons (Fsp3) is 0.611. The van der Waals surface area contributed by atoms with E-state index in [2.05, 4.69) is 15.5 Å². The number of nitrogens with zero attached hydrogens (tertiary/aromatic N) is 4. The first-order chi connectivity index (χ1) is 12.6. The van der Waals surface area contributed by atoms with E-state index in [1.54, 1.807) is 4.90 Å². The molecule has 2 aromatic heterocycles. The van der Waals surface area contributed by atoms with Crippen LogP contribution in [0.1, 0.15) is 43.8 Å². The number of pyridine rings is 1. The third-order valence-corrected chi connectivity index (χ3v) is 5.52. The molecule has 2 aliphatic rings. The molecule has 1 aliphatic heterocycles. The van der Waals surface area contributed by atoms with Crippen LogP contribution >= 0.6 is 0 Å². The summed E-state index contributed by atoms with van der Waals surface area (Å²) < 4.78 is 26.9. The Bertz CT molecular complexity index is 781. The third-order valence-electron chi connectivity index (χ3n) is 5.52. The van der Waals surface area contributed by atoms with Crippen molar-refractivity contribution in [2.45, 2.75) is 44.4 Å². The van der Waals surface area contributed by atoms with E-state index in [0.717, 1.165) is 30.0 Å². The SMILES string of the molecule is O=C(Nc1ccc2nnc(C3CCC3)n2c1)C1CCN(CC(F)F)CC1. The summed E-state index contributed by atoms with van der Waals surface area (Å²) in [6, 6.07) is 3.69. The summed E-state index contributed by atoms with van der Waals surface area (Å²) in [5.74, 6) is 1.24. The Balaban J connectivity index is 1.40. The number of likely N-dealkylation sites (tertiary alicyclic amines) is 1. The maximum atomic E-state index is 12.5. The molecular weight excluding hydrogens is 340 g/mol. The zero-order valence-corrected chi connectivity index (χ0v) is 14.6. The Hall–Kier alpha value is -2.09. The van der Waals surface area contributed by atoms with Crippen molar-refractivity contribution in [3.63, 3.8) is 0 Å². The van der Waals surface area contributed by atoms with Gasteiger partial charge in [-0.15, -0.1) is 10.2 Å². The van der Waals surface area contributed by atoms with E-state index in [1.807, 2.05) is 22.7 Å². The van der Waals surface area contributed by atoms with Crippen LogP contribution in [0.5, 0.6) is 0 Å². The number of carbonyl (C=O) groups is 1. The molecule has 4 rings (SSSR count). The second kappa shape index (κ2) is 7.26. The number of halogens is 2. The number of piperidine rings is 1. The Morgan fingerprint density at radius 3 is 2.62 bits per heavy atom. The van der Waals surface area contributed by atoms with Crippen molar-refractivity contribution < 1.29 is 13.6 Å². The zero-order valence-electron chi connectivity index (χ0n) is 14.6. The van der Waals surface area contributed by atoms with E-state index in [1.165, 1.54) is 6.42 Å². The van der Waals surface area contributed by atoms with Gasteiger partial charge in [-0.25, -0.2) is 8.78 Å². The van der Waals surface area contributed by atoms with Gasteiger partial charge in [0.25, 0.3) is 6.43 Å². The summed E-state index contributed by atoms with van der Waals surface area (Å²) in [6.45, 7) is 0.875. The molecule has 0 atom stereocenters. The van der Waals surface area contributed by atoms with Gasteiger partial charge in [0.1, 0.15) is 5.82 Å². The highest BCUT2D eigenvalue weighted by molar-refractivity contribution is 5.92. The van der Waals surface area contributed by atoms with E-state index in [0.29, 0.717) is 31.8 Å². The van der Waals surface area contributed by atoms with Crippen molar-refractivity contribution >= 4 is 17.2 Å². The molecule has 1 saturated heterocycles. The molecule has 26 heavy (non-hydrogen) atoms. The van der Waals surface area contributed by atoms with Crippen LogP contribution in [0.2, 0.25) is 0 Å². The quantitative estimate of drug-likeness (QED) is 0.887.